The van der Waals surface area contributed by atoms with Gasteiger partial charge in [-0.05, 0) is 18.4 Å². The molecule has 0 bridgehead atoms. The Morgan fingerprint density at radius 2 is 1.95 bits per heavy atom. The minimum absolute atomic E-state index is 0.165. The number of alkyl carbamates (subject to hydrolysis) is 1. The fraction of sp³-hybridized carbons (Fsp3) is 0.500. The smallest absolute Gasteiger partial charge is 0.408 e. The molecule has 0 saturated heterocycles. The number of hydrogen-bond donors (Lipinski definition) is 1. The minimum atomic E-state index is -0.695. The molecule has 6 heteroatoms. The van der Waals surface area contributed by atoms with Crippen LogP contribution in [0.5, 0.6) is 0 Å². The van der Waals surface area contributed by atoms with Crippen LogP contribution < -0.4 is 5.32 Å². The number of alkyl halides is 1. The minimum Gasteiger partial charge on any atom is -0.464 e. The maximum Gasteiger partial charge on any atom is 0.408 e. The molecule has 0 aliphatic heterocycles. The summed E-state index contributed by atoms with van der Waals surface area (Å²) >= 11 is 3.27. The predicted molar refractivity (Wildman–Crippen MR) is 87.8 cm³/mol. The number of rotatable bonds is 9. The molecule has 0 radical (unpaired) electrons. The van der Waals surface area contributed by atoms with Gasteiger partial charge in [0.25, 0.3) is 0 Å². The summed E-state index contributed by atoms with van der Waals surface area (Å²) < 4.78 is 10.2. The molecule has 0 aromatic heterocycles. The van der Waals surface area contributed by atoms with E-state index in [-0.39, 0.29) is 6.61 Å². The van der Waals surface area contributed by atoms with E-state index in [1.54, 1.807) is 0 Å². The largest absolute Gasteiger partial charge is 0.464 e. The molecule has 22 heavy (non-hydrogen) atoms. The van der Waals surface area contributed by atoms with Crippen molar-refractivity contribution < 1.29 is 19.1 Å². The highest BCUT2D eigenvalue weighted by Gasteiger charge is 2.22. The summed E-state index contributed by atoms with van der Waals surface area (Å²) in [5, 5.41) is 3.13. The Hall–Kier alpha value is -1.56. The Labute approximate surface area is 139 Å². The van der Waals surface area contributed by atoms with Crippen LogP contribution in [0.1, 0.15) is 31.7 Å². The van der Waals surface area contributed by atoms with Crippen LogP contribution in [0.25, 0.3) is 0 Å². The Bertz CT molecular complexity index is 453. The first-order chi connectivity index (χ1) is 10.7. The van der Waals surface area contributed by atoms with Crippen LogP contribution in [0.15, 0.2) is 30.3 Å². The standard InChI is InChI=1S/C16H22BrNO4/c1-2-3-11-21-15(19)14(9-10-17)18-16(20)22-12-13-7-5-4-6-8-13/h4-8,14H,2-3,9-12H2,1H3,(H,18,20). The van der Waals surface area contributed by atoms with E-state index in [1.165, 1.54) is 0 Å². The summed E-state index contributed by atoms with van der Waals surface area (Å²) in [6.07, 6.45) is 1.58. The number of hydrogen-bond acceptors (Lipinski definition) is 4. The van der Waals surface area contributed by atoms with E-state index < -0.39 is 18.1 Å². The lowest BCUT2D eigenvalue weighted by Gasteiger charge is -2.16. The number of halogens is 1. The maximum atomic E-state index is 11.9. The molecule has 122 valence electrons. The Kier molecular flexibility index (Phi) is 9.30. The number of unbranched alkanes of at least 4 members (excludes halogenated alkanes) is 1. The summed E-state index contributed by atoms with van der Waals surface area (Å²) in [6, 6.07) is 8.66. The van der Waals surface area contributed by atoms with E-state index in [9.17, 15) is 9.59 Å². The third-order valence-electron chi connectivity index (χ3n) is 2.93. The monoisotopic (exact) mass is 371 g/mol. The van der Waals surface area contributed by atoms with Crippen molar-refractivity contribution in [2.24, 2.45) is 0 Å². The number of benzene rings is 1. The van der Waals surface area contributed by atoms with Crippen LogP contribution >= 0.6 is 15.9 Å². The van der Waals surface area contributed by atoms with Crippen molar-refractivity contribution in [1.29, 1.82) is 0 Å². The first-order valence-corrected chi connectivity index (χ1v) is 8.49. The lowest BCUT2D eigenvalue weighted by Crippen LogP contribution is -2.42. The molecule has 0 spiro atoms. The SMILES string of the molecule is CCCCOC(=O)C(CCBr)NC(=O)OCc1ccccc1. The second kappa shape index (κ2) is 11.1. The van der Waals surface area contributed by atoms with Crippen LogP contribution in [0.3, 0.4) is 0 Å². The summed E-state index contributed by atoms with van der Waals surface area (Å²) in [7, 11) is 0. The molecular formula is C16H22BrNO4. The first-order valence-electron chi connectivity index (χ1n) is 7.37. The summed E-state index contributed by atoms with van der Waals surface area (Å²) in [6.45, 7) is 2.55. The second-order valence-corrected chi connectivity index (χ2v) is 5.55. The van der Waals surface area contributed by atoms with Gasteiger partial charge in [0.2, 0.25) is 0 Å². The Balaban J connectivity index is 2.40. The van der Waals surface area contributed by atoms with Crippen molar-refractivity contribution in [2.45, 2.75) is 38.8 Å². The van der Waals surface area contributed by atoms with Crippen LogP contribution in [0, 0.1) is 0 Å². The molecule has 5 nitrogen and oxygen atoms in total. The topological polar surface area (TPSA) is 64.6 Å². The summed E-state index contributed by atoms with van der Waals surface area (Å²) in [5.74, 6) is -0.426. The molecule has 1 N–H and O–H groups in total. The zero-order valence-electron chi connectivity index (χ0n) is 12.7. The summed E-state index contributed by atoms with van der Waals surface area (Å²) in [5.41, 5.74) is 0.889. The highest BCUT2D eigenvalue weighted by Crippen LogP contribution is 2.04. The average molecular weight is 372 g/mol. The third-order valence-corrected chi connectivity index (χ3v) is 3.39. The van der Waals surface area contributed by atoms with E-state index in [1.807, 2.05) is 37.3 Å². The zero-order valence-corrected chi connectivity index (χ0v) is 14.3. The van der Waals surface area contributed by atoms with E-state index in [0.29, 0.717) is 18.4 Å². The fourth-order valence-corrected chi connectivity index (χ4v) is 2.14. The lowest BCUT2D eigenvalue weighted by atomic mass is 10.2. The number of amides is 1. The van der Waals surface area contributed by atoms with Gasteiger partial charge in [-0.15, -0.1) is 0 Å². The third kappa shape index (κ3) is 7.45. The molecule has 1 aromatic rings. The quantitative estimate of drug-likeness (QED) is 0.410. The van der Waals surface area contributed by atoms with Crippen LogP contribution in [-0.4, -0.2) is 30.0 Å². The maximum absolute atomic E-state index is 11.9. The molecule has 0 aliphatic carbocycles. The van der Waals surface area contributed by atoms with Crippen molar-refractivity contribution in [3.63, 3.8) is 0 Å². The van der Waals surface area contributed by atoms with E-state index in [4.69, 9.17) is 9.47 Å². The molecule has 0 aliphatic rings. The van der Waals surface area contributed by atoms with Gasteiger partial charge in [0, 0.05) is 5.33 Å². The van der Waals surface area contributed by atoms with E-state index in [0.717, 1.165) is 18.4 Å². The van der Waals surface area contributed by atoms with Crippen LogP contribution in [-0.2, 0) is 20.9 Å². The number of carbonyl (C=O) groups is 2. The van der Waals surface area contributed by atoms with Gasteiger partial charge in [-0.3, -0.25) is 0 Å². The molecule has 1 atom stereocenters. The molecular weight excluding hydrogens is 350 g/mol. The average Bonchev–Trinajstić information content (AvgIpc) is 2.53. The fourth-order valence-electron chi connectivity index (χ4n) is 1.68. The summed E-state index contributed by atoms with van der Waals surface area (Å²) in [4.78, 5) is 23.7. The lowest BCUT2D eigenvalue weighted by molar-refractivity contribution is -0.146. The molecule has 1 unspecified atom stereocenters. The van der Waals surface area contributed by atoms with Crippen LogP contribution in [0.4, 0.5) is 4.79 Å². The van der Waals surface area contributed by atoms with Gasteiger partial charge < -0.3 is 14.8 Å². The second-order valence-electron chi connectivity index (χ2n) is 4.76. The van der Waals surface area contributed by atoms with Gasteiger partial charge in [0.05, 0.1) is 6.61 Å². The Morgan fingerprint density at radius 1 is 1.23 bits per heavy atom. The normalized spacial score (nSPS) is 11.5. The zero-order chi connectivity index (χ0) is 16.2. The van der Waals surface area contributed by atoms with Gasteiger partial charge >= 0.3 is 12.1 Å². The molecule has 0 saturated carbocycles. The van der Waals surface area contributed by atoms with E-state index >= 15 is 0 Å². The highest BCUT2D eigenvalue weighted by atomic mass is 79.9. The van der Waals surface area contributed by atoms with Gasteiger partial charge in [0.15, 0.2) is 0 Å². The van der Waals surface area contributed by atoms with E-state index in [2.05, 4.69) is 21.2 Å². The van der Waals surface area contributed by atoms with Gasteiger partial charge in [-0.2, -0.15) is 0 Å². The molecule has 1 amide bonds. The van der Waals surface area contributed by atoms with Crippen molar-refractivity contribution >= 4 is 28.0 Å². The molecule has 1 rings (SSSR count). The van der Waals surface area contributed by atoms with Crippen molar-refractivity contribution in [1.82, 2.24) is 5.32 Å². The van der Waals surface area contributed by atoms with Gasteiger partial charge in [-0.25, -0.2) is 9.59 Å². The first kappa shape index (κ1) is 18.5. The van der Waals surface area contributed by atoms with Crippen molar-refractivity contribution in [3.05, 3.63) is 35.9 Å². The number of carbonyl (C=O) groups excluding carboxylic acids is 2. The van der Waals surface area contributed by atoms with Crippen LogP contribution in [0.2, 0.25) is 0 Å². The molecule has 1 aromatic carbocycles. The van der Waals surface area contributed by atoms with Crippen molar-refractivity contribution in [2.75, 3.05) is 11.9 Å². The molecule has 0 heterocycles. The highest BCUT2D eigenvalue weighted by molar-refractivity contribution is 9.09. The van der Waals surface area contributed by atoms with Crippen molar-refractivity contribution in [3.8, 4) is 0 Å². The number of ether oxygens (including phenoxy) is 2. The van der Waals surface area contributed by atoms with Gasteiger partial charge in [0.1, 0.15) is 12.6 Å². The predicted octanol–water partition coefficient (Wildman–Crippen LogP) is 3.41. The Morgan fingerprint density at radius 3 is 2.59 bits per heavy atom. The number of esters is 1. The molecule has 0 fully saturated rings. The van der Waals surface area contributed by atoms with Gasteiger partial charge in [-0.1, -0.05) is 59.6 Å². The number of nitrogens with one attached hydrogen (secondary N) is 1.